The van der Waals surface area contributed by atoms with E-state index in [1.54, 1.807) is 6.08 Å². The summed E-state index contributed by atoms with van der Waals surface area (Å²) >= 11 is 7.04. The molecule has 0 amide bonds. The Morgan fingerprint density at radius 2 is 2.03 bits per heavy atom. The van der Waals surface area contributed by atoms with Crippen LogP contribution in [-0.2, 0) is 0 Å². The number of likely N-dealkylation sites (tertiary alicyclic amines) is 1. The van der Waals surface area contributed by atoms with Crippen LogP contribution in [0.15, 0.2) is 27.9 Å². The Morgan fingerprint density at radius 3 is 2.80 bits per heavy atom. The van der Waals surface area contributed by atoms with Crippen LogP contribution in [-0.4, -0.2) is 43.6 Å². The van der Waals surface area contributed by atoms with E-state index in [0.29, 0.717) is 24.1 Å². The third-order valence-corrected chi connectivity index (χ3v) is 7.47. The van der Waals surface area contributed by atoms with Crippen molar-refractivity contribution in [1.29, 1.82) is 0 Å². The van der Waals surface area contributed by atoms with Gasteiger partial charge in [0.25, 0.3) is 0 Å². The van der Waals surface area contributed by atoms with Gasteiger partial charge >= 0.3 is 0 Å². The summed E-state index contributed by atoms with van der Waals surface area (Å²) in [5, 5.41) is -0.0781. The van der Waals surface area contributed by atoms with E-state index in [2.05, 4.69) is 21.7 Å². The van der Waals surface area contributed by atoms with Crippen molar-refractivity contribution in [2.24, 2.45) is 10.9 Å². The monoisotopic (exact) mass is 458 g/mol. The van der Waals surface area contributed by atoms with Gasteiger partial charge in [-0.2, -0.15) is 4.39 Å². The predicted molar refractivity (Wildman–Crippen MR) is 117 cm³/mol. The molecule has 9 heteroatoms. The Hall–Kier alpha value is -1.38. The van der Waals surface area contributed by atoms with E-state index in [1.165, 1.54) is 25.3 Å². The van der Waals surface area contributed by atoms with Crippen LogP contribution in [0.1, 0.15) is 38.5 Å². The number of aliphatic imine (C=N–C) groups is 1. The second-order valence-electron chi connectivity index (χ2n) is 8.19. The van der Waals surface area contributed by atoms with Crippen LogP contribution in [0.3, 0.4) is 0 Å². The molecule has 0 radical (unpaired) electrons. The van der Waals surface area contributed by atoms with Crippen molar-refractivity contribution < 1.29 is 13.2 Å². The standard InChI is InChI=1S/C21H26ClF3N4S/c1-28-9-3-2-5-15(28)13-8-10-29(12-13)16-11-14(23)21(20(25)19(16)22)30-27-18-7-4-6-17(24)26-18/h7,11,13,15,27H,2-6,8-10,12H2,1H3. The first-order chi connectivity index (χ1) is 14.4. The van der Waals surface area contributed by atoms with Crippen LogP contribution in [0.2, 0.25) is 5.02 Å². The topological polar surface area (TPSA) is 30.9 Å². The van der Waals surface area contributed by atoms with Gasteiger partial charge in [0, 0.05) is 31.6 Å². The Labute approximate surface area is 184 Å². The summed E-state index contributed by atoms with van der Waals surface area (Å²) in [6.07, 6.45) is 7.05. The fraction of sp³-hybridized carbons (Fsp3) is 0.571. The number of allylic oxidation sites excluding steroid dienone is 1. The van der Waals surface area contributed by atoms with Gasteiger partial charge < -0.3 is 14.5 Å². The van der Waals surface area contributed by atoms with Crippen molar-refractivity contribution in [2.75, 3.05) is 31.6 Å². The van der Waals surface area contributed by atoms with Crippen molar-refractivity contribution >= 4 is 35.2 Å². The molecule has 0 spiro atoms. The lowest BCUT2D eigenvalue weighted by molar-refractivity contribution is 0.137. The average molecular weight is 459 g/mol. The number of hydrogen-bond acceptors (Lipinski definition) is 5. The highest BCUT2D eigenvalue weighted by Gasteiger charge is 2.34. The summed E-state index contributed by atoms with van der Waals surface area (Å²) in [5.41, 5.74) is 0.401. The van der Waals surface area contributed by atoms with Gasteiger partial charge in [0.2, 0.25) is 0 Å². The van der Waals surface area contributed by atoms with Crippen LogP contribution in [0.4, 0.5) is 18.9 Å². The molecule has 0 saturated carbocycles. The number of nitrogens with zero attached hydrogens (tertiary/aromatic N) is 3. The second kappa shape index (κ2) is 9.40. The van der Waals surface area contributed by atoms with Crippen LogP contribution in [0.5, 0.6) is 0 Å². The molecule has 0 aromatic heterocycles. The third kappa shape index (κ3) is 4.60. The molecule has 3 heterocycles. The van der Waals surface area contributed by atoms with Crippen LogP contribution < -0.4 is 9.62 Å². The van der Waals surface area contributed by atoms with E-state index in [-0.39, 0.29) is 22.2 Å². The molecule has 1 N–H and O–H groups in total. The Kier molecular flexibility index (Phi) is 6.85. The number of hydrogen-bond donors (Lipinski definition) is 1. The molecule has 30 heavy (non-hydrogen) atoms. The van der Waals surface area contributed by atoms with Crippen molar-refractivity contribution in [3.05, 3.63) is 34.6 Å². The number of benzene rings is 1. The van der Waals surface area contributed by atoms with Gasteiger partial charge in [-0.1, -0.05) is 18.0 Å². The largest absolute Gasteiger partial charge is 0.370 e. The second-order valence-corrected chi connectivity index (χ2v) is 9.39. The summed E-state index contributed by atoms with van der Waals surface area (Å²) in [6, 6.07) is 1.82. The molecular weight excluding hydrogens is 433 g/mol. The maximum Gasteiger partial charge on any atom is 0.191 e. The molecular formula is C21H26ClF3N4S. The molecule has 4 rings (SSSR count). The van der Waals surface area contributed by atoms with Gasteiger partial charge in [-0.15, -0.1) is 0 Å². The number of rotatable bonds is 5. The zero-order valence-corrected chi connectivity index (χ0v) is 18.5. The predicted octanol–water partition coefficient (Wildman–Crippen LogP) is 5.53. The molecule has 2 atom stereocenters. The van der Waals surface area contributed by atoms with E-state index >= 15 is 0 Å². The van der Waals surface area contributed by atoms with Crippen LogP contribution in [0.25, 0.3) is 0 Å². The Morgan fingerprint density at radius 1 is 1.20 bits per heavy atom. The SMILES string of the molecule is CN1CCCCC1C1CCN(c2cc(F)c(SNC3=CCCC(F)=N3)c(F)c2Cl)C1. The number of nitrogens with one attached hydrogen (secondary N) is 1. The first kappa shape index (κ1) is 21.8. The highest BCUT2D eigenvalue weighted by molar-refractivity contribution is 7.97. The maximum atomic E-state index is 14.9. The Balaban J connectivity index is 1.47. The van der Waals surface area contributed by atoms with Crippen molar-refractivity contribution in [2.45, 2.75) is 49.5 Å². The summed E-state index contributed by atoms with van der Waals surface area (Å²) in [5.74, 6) is -1.27. The molecule has 4 nitrogen and oxygen atoms in total. The molecule has 0 bridgehead atoms. The van der Waals surface area contributed by atoms with Gasteiger partial charge in [-0.3, -0.25) is 0 Å². The zero-order valence-electron chi connectivity index (χ0n) is 16.9. The average Bonchev–Trinajstić information content (AvgIpc) is 3.21. The minimum Gasteiger partial charge on any atom is -0.370 e. The van der Waals surface area contributed by atoms with Gasteiger partial charge in [-0.05, 0) is 63.2 Å². The number of halogens is 4. The van der Waals surface area contributed by atoms with Crippen molar-refractivity contribution in [3.63, 3.8) is 0 Å². The normalized spacial score (nSPS) is 25.3. The minimum atomic E-state index is -0.803. The lowest BCUT2D eigenvalue weighted by Crippen LogP contribution is -2.42. The van der Waals surface area contributed by atoms with Crippen molar-refractivity contribution in [3.8, 4) is 0 Å². The number of piperidine rings is 1. The molecule has 0 aliphatic carbocycles. The first-order valence-electron chi connectivity index (χ1n) is 10.4. The van der Waals surface area contributed by atoms with Gasteiger partial charge in [0.05, 0.1) is 5.69 Å². The lowest BCUT2D eigenvalue weighted by Gasteiger charge is -2.36. The molecule has 3 aliphatic heterocycles. The highest BCUT2D eigenvalue weighted by atomic mass is 35.5. The molecule has 164 valence electrons. The van der Waals surface area contributed by atoms with Gasteiger partial charge in [-0.25, -0.2) is 13.8 Å². The van der Waals surface area contributed by atoms with E-state index < -0.39 is 17.6 Å². The number of anilines is 1. The third-order valence-electron chi connectivity index (χ3n) is 6.22. The minimum absolute atomic E-state index is 0.0781. The van der Waals surface area contributed by atoms with Crippen LogP contribution >= 0.6 is 23.5 Å². The molecule has 3 aliphatic rings. The molecule has 2 unspecified atom stereocenters. The summed E-state index contributed by atoms with van der Waals surface area (Å²) in [7, 11) is 2.16. The summed E-state index contributed by atoms with van der Waals surface area (Å²) < 4.78 is 45.7. The lowest BCUT2D eigenvalue weighted by atomic mass is 9.90. The first-order valence-corrected chi connectivity index (χ1v) is 11.6. The maximum absolute atomic E-state index is 14.9. The Bertz CT molecular complexity index is 863. The summed E-state index contributed by atoms with van der Waals surface area (Å²) in [4.78, 5) is 7.87. The van der Waals surface area contributed by atoms with Crippen LogP contribution in [0, 0.1) is 17.6 Å². The van der Waals surface area contributed by atoms with E-state index in [9.17, 15) is 13.2 Å². The summed E-state index contributed by atoms with van der Waals surface area (Å²) in [6.45, 7) is 2.59. The van der Waals surface area contributed by atoms with Gasteiger partial charge in [0.1, 0.15) is 21.6 Å². The highest BCUT2D eigenvalue weighted by Crippen LogP contribution is 2.39. The zero-order chi connectivity index (χ0) is 21.3. The molecule has 1 aromatic carbocycles. The van der Waals surface area contributed by atoms with E-state index in [4.69, 9.17) is 11.6 Å². The van der Waals surface area contributed by atoms with Crippen molar-refractivity contribution in [1.82, 2.24) is 9.62 Å². The fourth-order valence-electron chi connectivity index (χ4n) is 4.63. The fourth-order valence-corrected chi connectivity index (χ4v) is 5.64. The molecule has 2 fully saturated rings. The molecule has 1 aromatic rings. The van der Waals surface area contributed by atoms with E-state index in [1.807, 2.05) is 4.90 Å². The molecule has 2 saturated heterocycles. The van der Waals surface area contributed by atoms with Gasteiger partial charge in [0.15, 0.2) is 11.8 Å². The quantitative estimate of drug-likeness (QED) is 0.464. The van der Waals surface area contributed by atoms with E-state index in [0.717, 1.165) is 38.0 Å². The smallest absolute Gasteiger partial charge is 0.191 e.